The monoisotopic (exact) mass is 362 g/mol. The quantitative estimate of drug-likeness (QED) is 0.822. The van der Waals surface area contributed by atoms with Crippen LogP contribution in [-0.4, -0.2) is 31.8 Å². The molecule has 0 spiro atoms. The number of halogens is 2. The number of ether oxygens (including phenoxy) is 1. The largest absolute Gasteiger partial charge is 0.381 e. The second-order valence-electron chi connectivity index (χ2n) is 4.42. The van der Waals surface area contributed by atoms with Gasteiger partial charge in [-0.15, -0.1) is 0 Å². The minimum atomic E-state index is 0.617. The fraction of sp³-hybridized carbons (Fsp3) is 0.583. The average molecular weight is 364 g/mol. The zero-order chi connectivity index (χ0) is 12.3. The maximum Gasteiger partial charge on any atom is 0.142 e. The molecule has 0 aliphatic carbocycles. The van der Waals surface area contributed by atoms with Gasteiger partial charge >= 0.3 is 0 Å². The molecule has 1 aliphatic heterocycles. The minimum absolute atomic E-state index is 0.617. The number of aromatic nitrogens is 1. The predicted molar refractivity (Wildman–Crippen MR) is 76.5 cm³/mol. The van der Waals surface area contributed by atoms with E-state index in [0.717, 1.165) is 34.5 Å². The lowest BCUT2D eigenvalue weighted by molar-refractivity contribution is 0.0576. The maximum absolute atomic E-state index is 5.50. The summed E-state index contributed by atoms with van der Waals surface area (Å²) in [6, 6.07) is 2.02. The number of hydrogen-bond acceptors (Lipinski definition) is 3. The summed E-state index contributed by atoms with van der Waals surface area (Å²) in [4.78, 5) is 6.62. The van der Waals surface area contributed by atoms with Crippen LogP contribution in [0.4, 0.5) is 5.82 Å². The van der Waals surface area contributed by atoms with Crippen LogP contribution in [0.1, 0.15) is 12.8 Å². The molecular formula is C12H16Br2N2O. The summed E-state index contributed by atoms with van der Waals surface area (Å²) < 4.78 is 7.51. The highest BCUT2D eigenvalue weighted by Gasteiger charge is 2.17. The molecule has 1 atom stereocenters. The number of hydrogen-bond donors (Lipinski definition) is 0. The molecule has 0 saturated carbocycles. The van der Waals surface area contributed by atoms with Crippen LogP contribution in [0.25, 0.3) is 0 Å². The van der Waals surface area contributed by atoms with Crippen molar-refractivity contribution in [1.29, 1.82) is 0 Å². The van der Waals surface area contributed by atoms with E-state index in [1.54, 1.807) is 0 Å². The molecule has 1 saturated heterocycles. The molecule has 0 aromatic carbocycles. The van der Waals surface area contributed by atoms with Crippen LogP contribution in [0.15, 0.2) is 21.2 Å². The Morgan fingerprint density at radius 1 is 1.53 bits per heavy atom. The number of nitrogens with zero attached hydrogens (tertiary/aromatic N) is 2. The van der Waals surface area contributed by atoms with Crippen LogP contribution in [0, 0.1) is 5.92 Å². The Bertz CT molecular complexity index is 381. The van der Waals surface area contributed by atoms with Crippen molar-refractivity contribution >= 4 is 37.7 Å². The highest BCUT2D eigenvalue weighted by Crippen LogP contribution is 2.27. The molecule has 1 aliphatic rings. The van der Waals surface area contributed by atoms with E-state index in [2.05, 4.69) is 48.8 Å². The van der Waals surface area contributed by atoms with Gasteiger partial charge in [-0.25, -0.2) is 4.98 Å². The molecular weight excluding hydrogens is 348 g/mol. The summed E-state index contributed by atoms with van der Waals surface area (Å²) in [6.45, 7) is 2.78. The van der Waals surface area contributed by atoms with Gasteiger partial charge in [0.1, 0.15) is 5.82 Å². The molecule has 2 rings (SSSR count). The molecule has 0 radical (unpaired) electrons. The maximum atomic E-state index is 5.50. The number of pyridine rings is 1. The topological polar surface area (TPSA) is 25.4 Å². The summed E-state index contributed by atoms with van der Waals surface area (Å²) >= 11 is 6.96. The Labute approximate surface area is 119 Å². The van der Waals surface area contributed by atoms with Crippen molar-refractivity contribution < 1.29 is 4.74 Å². The van der Waals surface area contributed by atoms with Gasteiger partial charge in [0, 0.05) is 30.9 Å². The lowest BCUT2D eigenvalue weighted by atomic mass is 10.0. The highest BCUT2D eigenvalue weighted by atomic mass is 79.9. The molecule has 0 bridgehead atoms. The first-order valence-electron chi connectivity index (χ1n) is 5.76. The van der Waals surface area contributed by atoms with Crippen molar-refractivity contribution in [3.05, 3.63) is 21.2 Å². The summed E-state index contributed by atoms with van der Waals surface area (Å²) in [5.41, 5.74) is 0. The van der Waals surface area contributed by atoms with Crippen molar-refractivity contribution in [3.8, 4) is 0 Å². The number of anilines is 1. The van der Waals surface area contributed by atoms with Gasteiger partial charge in [-0.05, 0) is 56.7 Å². The van der Waals surface area contributed by atoms with Crippen LogP contribution in [0.3, 0.4) is 0 Å². The molecule has 94 valence electrons. The molecule has 3 nitrogen and oxygen atoms in total. The molecule has 5 heteroatoms. The predicted octanol–water partition coefficient (Wildman–Crippen LogP) is 3.47. The third kappa shape index (κ3) is 3.66. The van der Waals surface area contributed by atoms with Crippen LogP contribution < -0.4 is 4.90 Å². The first kappa shape index (κ1) is 13.3. The average Bonchev–Trinajstić information content (AvgIpc) is 2.30. The molecule has 1 aromatic rings. The fourth-order valence-electron chi connectivity index (χ4n) is 2.11. The number of rotatable bonds is 3. The van der Waals surface area contributed by atoms with Crippen molar-refractivity contribution in [2.75, 3.05) is 31.7 Å². The minimum Gasteiger partial charge on any atom is -0.381 e. The summed E-state index contributed by atoms with van der Waals surface area (Å²) in [6.07, 6.45) is 4.25. The first-order valence-corrected chi connectivity index (χ1v) is 7.35. The fourth-order valence-corrected chi connectivity index (χ4v) is 3.40. The molecule has 2 heterocycles. The van der Waals surface area contributed by atoms with Gasteiger partial charge in [0.2, 0.25) is 0 Å². The van der Waals surface area contributed by atoms with E-state index in [4.69, 9.17) is 4.74 Å². The van der Waals surface area contributed by atoms with E-state index in [0.29, 0.717) is 5.92 Å². The molecule has 0 amide bonds. The van der Waals surface area contributed by atoms with E-state index in [-0.39, 0.29) is 0 Å². The molecule has 17 heavy (non-hydrogen) atoms. The van der Waals surface area contributed by atoms with E-state index in [9.17, 15) is 0 Å². The van der Waals surface area contributed by atoms with E-state index >= 15 is 0 Å². The molecule has 1 aromatic heterocycles. The lowest BCUT2D eigenvalue weighted by Gasteiger charge is -2.28. The van der Waals surface area contributed by atoms with Gasteiger partial charge in [-0.3, -0.25) is 0 Å². The van der Waals surface area contributed by atoms with Crippen molar-refractivity contribution in [1.82, 2.24) is 4.98 Å². The molecule has 0 N–H and O–H groups in total. The third-order valence-corrected chi connectivity index (χ3v) is 3.95. The normalized spacial score (nSPS) is 20.3. The van der Waals surface area contributed by atoms with Gasteiger partial charge in [0.15, 0.2) is 0 Å². The molecule has 1 fully saturated rings. The summed E-state index contributed by atoms with van der Waals surface area (Å²) in [5, 5.41) is 0. The molecule has 1 unspecified atom stereocenters. The zero-order valence-corrected chi connectivity index (χ0v) is 13.0. The van der Waals surface area contributed by atoms with Gasteiger partial charge < -0.3 is 9.64 Å². The van der Waals surface area contributed by atoms with E-state index in [1.807, 2.05) is 12.3 Å². The van der Waals surface area contributed by atoms with Crippen LogP contribution >= 0.6 is 31.9 Å². The van der Waals surface area contributed by atoms with Gasteiger partial charge in [-0.2, -0.15) is 0 Å². The SMILES string of the molecule is CN(CC1CCCOC1)c1ncc(Br)cc1Br. The Morgan fingerprint density at radius 2 is 2.35 bits per heavy atom. The van der Waals surface area contributed by atoms with Crippen molar-refractivity contribution in [2.45, 2.75) is 12.8 Å². The first-order chi connectivity index (χ1) is 8.16. The van der Waals surface area contributed by atoms with Gasteiger partial charge in [0.25, 0.3) is 0 Å². The van der Waals surface area contributed by atoms with Gasteiger partial charge in [0.05, 0.1) is 11.1 Å². The summed E-state index contributed by atoms with van der Waals surface area (Å²) in [5.74, 6) is 1.60. The summed E-state index contributed by atoms with van der Waals surface area (Å²) in [7, 11) is 2.08. The third-order valence-electron chi connectivity index (χ3n) is 2.94. The second kappa shape index (κ2) is 6.16. The second-order valence-corrected chi connectivity index (χ2v) is 6.19. The smallest absolute Gasteiger partial charge is 0.142 e. The van der Waals surface area contributed by atoms with Crippen molar-refractivity contribution in [2.24, 2.45) is 5.92 Å². The Kier molecular flexibility index (Phi) is 4.82. The van der Waals surface area contributed by atoms with Gasteiger partial charge in [-0.1, -0.05) is 0 Å². The standard InChI is InChI=1S/C12H16Br2N2O/c1-16(7-9-3-2-4-17-8-9)12-11(14)5-10(13)6-15-12/h5-6,9H,2-4,7-8H2,1H3. The van der Waals surface area contributed by atoms with Crippen molar-refractivity contribution in [3.63, 3.8) is 0 Å². The Hall–Kier alpha value is -0.130. The van der Waals surface area contributed by atoms with E-state index in [1.165, 1.54) is 12.8 Å². The Morgan fingerprint density at radius 3 is 3.00 bits per heavy atom. The Balaban J connectivity index is 2.00. The zero-order valence-electron chi connectivity index (χ0n) is 9.83. The highest BCUT2D eigenvalue weighted by molar-refractivity contribution is 9.11. The van der Waals surface area contributed by atoms with Crippen LogP contribution in [-0.2, 0) is 4.74 Å². The van der Waals surface area contributed by atoms with E-state index < -0.39 is 0 Å². The lowest BCUT2D eigenvalue weighted by Crippen LogP contribution is -2.31. The van der Waals surface area contributed by atoms with Crippen LogP contribution in [0.5, 0.6) is 0 Å². The van der Waals surface area contributed by atoms with Crippen LogP contribution in [0.2, 0.25) is 0 Å².